The van der Waals surface area contributed by atoms with Gasteiger partial charge in [-0.25, -0.2) is 0 Å². The Morgan fingerprint density at radius 1 is 1.38 bits per heavy atom. The molecular weight excluding hydrogens is 251 g/mol. The van der Waals surface area contributed by atoms with E-state index in [2.05, 4.69) is 0 Å². The summed E-state index contributed by atoms with van der Waals surface area (Å²) in [5.74, 6) is -1.06. The maximum atomic E-state index is 11.3. The number of benzene rings is 1. The highest BCUT2D eigenvalue weighted by Gasteiger charge is 2.38. The molecule has 0 amide bonds. The van der Waals surface area contributed by atoms with Gasteiger partial charge >= 0.3 is 5.97 Å². The van der Waals surface area contributed by atoms with Crippen LogP contribution in [-0.2, 0) is 10.2 Å². The minimum Gasteiger partial charge on any atom is -0.481 e. The van der Waals surface area contributed by atoms with Gasteiger partial charge in [0.2, 0.25) is 0 Å². The molecule has 0 spiro atoms. The molecule has 5 heteroatoms. The van der Waals surface area contributed by atoms with Crippen molar-refractivity contribution in [3.63, 3.8) is 0 Å². The highest BCUT2D eigenvalue weighted by molar-refractivity contribution is 6.36. The first-order chi connectivity index (χ1) is 7.43. The molecule has 2 N–H and O–H groups in total. The van der Waals surface area contributed by atoms with Crippen molar-refractivity contribution in [1.29, 1.82) is 0 Å². The molecule has 0 aromatic heterocycles. The molecule has 0 radical (unpaired) electrons. The second-order valence-corrected chi connectivity index (χ2v) is 4.52. The summed E-state index contributed by atoms with van der Waals surface area (Å²) in [6.07, 6.45) is 0.0613. The second kappa shape index (κ2) is 5.04. The van der Waals surface area contributed by atoms with Crippen LogP contribution in [-0.4, -0.2) is 22.8 Å². The van der Waals surface area contributed by atoms with E-state index < -0.39 is 11.4 Å². The minimum atomic E-state index is -1.27. The Morgan fingerprint density at radius 3 is 2.25 bits per heavy atom. The van der Waals surface area contributed by atoms with Gasteiger partial charge in [0.15, 0.2) is 0 Å². The van der Waals surface area contributed by atoms with Gasteiger partial charge in [0.05, 0.1) is 5.41 Å². The summed E-state index contributed by atoms with van der Waals surface area (Å²) in [5.41, 5.74) is -0.927. The van der Waals surface area contributed by atoms with Crippen LogP contribution in [0, 0.1) is 0 Å². The van der Waals surface area contributed by atoms with E-state index >= 15 is 0 Å². The van der Waals surface area contributed by atoms with E-state index in [1.807, 2.05) is 0 Å². The van der Waals surface area contributed by atoms with Crippen molar-refractivity contribution in [3.05, 3.63) is 33.8 Å². The molecule has 0 aliphatic heterocycles. The minimum absolute atomic E-state index is 0.0613. The number of aliphatic carboxylic acids is 1. The van der Waals surface area contributed by atoms with E-state index in [9.17, 15) is 9.90 Å². The van der Waals surface area contributed by atoms with Crippen LogP contribution < -0.4 is 0 Å². The molecular formula is C11H12Cl2O3. The molecule has 0 aliphatic rings. The van der Waals surface area contributed by atoms with Crippen LogP contribution in [0.25, 0.3) is 0 Å². The lowest BCUT2D eigenvalue weighted by Gasteiger charge is -2.26. The van der Waals surface area contributed by atoms with Crippen LogP contribution in [0.1, 0.15) is 18.9 Å². The zero-order valence-electron chi connectivity index (χ0n) is 8.70. The molecule has 16 heavy (non-hydrogen) atoms. The van der Waals surface area contributed by atoms with Gasteiger partial charge in [-0.3, -0.25) is 4.79 Å². The fourth-order valence-corrected chi connectivity index (χ4v) is 2.40. The molecule has 3 nitrogen and oxygen atoms in total. The Hall–Kier alpha value is -0.770. The number of aliphatic hydroxyl groups excluding tert-OH is 1. The molecule has 88 valence electrons. The number of carboxylic acids is 1. The first kappa shape index (κ1) is 13.3. The summed E-state index contributed by atoms with van der Waals surface area (Å²) in [7, 11) is 0. The topological polar surface area (TPSA) is 57.5 Å². The van der Waals surface area contributed by atoms with E-state index in [0.717, 1.165) is 0 Å². The maximum absolute atomic E-state index is 11.3. The van der Waals surface area contributed by atoms with Gasteiger partial charge in [-0.2, -0.15) is 0 Å². The highest BCUT2D eigenvalue weighted by Crippen LogP contribution is 2.38. The van der Waals surface area contributed by atoms with Crippen LogP contribution in [0.3, 0.4) is 0 Å². The molecule has 1 rings (SSSR count). The van der Waals surface area contributed by atoms with Crippen molar-refractivity contribution in [3.8, 4) is 0 Å². The lowest BCUT2D eigenvalue weighted by Crippen LogP contribution is -2.34. The summed E-state index contributed by atoms with van der Waals surface area (Å²) in [6, 6.07) is 4.82. The summed E-state index contributed by atoms with van der Waals surface area (Å²) in [6.45, 7) is 1.25. The van der Waals surface area contributed by atoms with Crippen molar-refractivity contribution in [2.45, 2.75) is 18.8 Å². The lowest BCUT2D eigenvalue weighted by atomic mass is 9.79. The fraction of sp³-hybridized carbons (Fsp3) is 0.364. The zero-order chi connectivity index (χ0) is 12.3. The van der Waals surface area contributed by atoms with Crippen LogP contribution in [0.5, 0.6) is 0 Å². The number of carboxylic acid groups (broad SMARTS) is 1. The van der Waals surface area contributed by atoms with Crippen molar-refractivity contribution in [2.75, 3.05) is 6.61 Å². The molecule has 0 bridgehead atoms. The Bertz CT molecular complexity index is 386. The standard InChI is InChI=1S/C11H12Cl2O3/c1-11(5-6-14,10(15)16)9-7(12)3-2-4-8(9)13/h2-4,14H,5-6H2,1H3,(H,15,16). The van der Waals surface area contributed by atoms with Gasteiger partial charge in [0.1, 0.15) is 0 Å². The van der Waals surface area contributed by atoms with Crippen LogP contribution in [0.15, 0.2) is 18.2 Å². The van der Waals surface area contributed by atoms with E-state index in [4.69, 9.17) is 28.3 Å². The van der Waals surface area contributed by atoms with Crippen molar-refractivity contribution in [2.24, 2.45) is 0 Å². The number of hydrogen-bond acceptors (Lipinski definition) is 2. The molecule has 0 heterocycles. The number of rotatable bonds is 4. The van der Waals surface area contributed by atoms with Crippen molar-refractivity contribution >= 4 is 29.2 Å². The second-order valence-electron chi connectivity index (χ2n) is 3.71. The van der Waals surface area contributed by atoms with Gasteiger partial charge in [-0.05, 0) is 25.5 Å². The van der Waals surface area contributed by atoms with E-state index in [-0.39, 0.29) is 13.0 Å². The SMILES string of the molecule is CC(CCO)(C(=O)O)c1c(Cl)cccc1Cl. The Kier molecular flexibility index (Phi) is 4.19. The summed E-state index contributed by atoms with van der Waals surface area (Å²) >= 11 is 11.9. The van der Waals surface area contributed by atoms with Crippen molar-refractivity contribution < 1.29 is 15.0 Å². The average molecular weight is 263 g/mol. The van der Waals surface area contributed by atoms with Crippen molar-refractivity contribution in [1.82, 2.24) is 0 Å². The first-order valence-corrected chi connectivity index (χ1v) is 5.48. The number of hydrogen-bond donors (Lipinski definition) is 2. The Labute approximate surface area is 104 Å². The molecule has 0 saturated carbocycles. The third-order valence-corrected chi connectivity index (χ3v) is 3.23. The van der Waals surface area contributed by atoms with Gasteiger partial charge in [0, 0.05) is 22.2 Å². The van der Waals surface area contributed by atoms with E-state index in [0.29, 0.717) is 15.6 Å². The molecule has 1 aromatic rings. The molecule has 1 unspecified atom stereocenters. The van der Waals surface area contributed by atoms with Gasteiger partial charge in [-0.1, -0.05) is 29.3 Å². The number of halogens is 2. The highest BCUT2D eigenvalue weighted by atomic mass is 35.5. The molecule has 0 saturated heterocycles. The van der Waals surface area contributed by atoms with Gasteiger partial charge in [-0.15, -0.1) is 0 Å². The predicted octanol–water partition coefficient (Wildman–Crippen LogP) is 2.72. The molecule has 0 aliphatic carbocycles. The predicted molar refractivity (Wildman–Crippen MR) is 63.2 cm³/mol. The van der Waals surface area contributed by atoms with E-state index in [1.54, 1.807) is 18.2 Å². The smallest absolute Gasteiger partial charge is 0.314 e. The quantitative estimate of drug-likeness (QED) is 0.878. The lowest BCUT2D eigenvalue weighted by molar-refractivity contribution is -0.143. The van der Waals surface area contributed by atoms with Gasteiger partial charge in [0.25, 0.3) is 0 Å². The van der Waals surface area contributed by atoms with Crippen LogP contribution in [0.4, 0.5) is 0 Å². The normalized spacial score (nSPS) is 14.5. The average Bonchev–Trinajstić information content (AvgIpc) is 2.17. The first-order valence-electron chi connectivity index (χ1n) is 4.72. The molecule has 1 aromatic carbocycles. The van der Waals surface area contributed by atoms with Crippen LogP contribution >= 0.6 is 23.2 Å². The summed E-state index contributed by atoms with van der Waals surface area (Å²) in [5, 5.41) is 18.8. The monoisotopic (exact) mass is 262 g/mol. The van der Waals surface area contributed by atoms with E-state index in [1.165, 1.54) is 6.92 Å². The fourth-order valence-electron chi connectivity index (χ4n) is 1.59. The maximum Gasteiger partial charge on any atom is 0.314 e. The number of aliphatic hydroxyl groups is 1. The summed E-state index contributed by atoms with van der Waals surface area (Å²) < 4.78 is 0. The third-order valence-electron chi connectivity index (χ3n) is 2.60. The van der Waals surface area contributed by atoms with Gasteiger partial charge < -0.3 is 10.2 Å². The largest absolute Gasteiger partial charge is 0.481 e. The van der Waals surface area contributed by atoms with Crippen LogP contribution in [0.2, 0.25) is 10.0 Å². The molecule has 0 fully saturated rings. The summed E-state index contributed by atoms with van der Waals surface area (Å²) in [4.78, 5) is 11.3. The Balaban J connectivity index is 3.37. The third kappa shape index (κ3) is 2.32. The molecule has 1 atom stereocenters. The Morgan fingerprint density at radius 2 is 1.88 bits per heavy atom. The zero-order valence-corrected chi connectivity index (χ0v) is 10.2. The number of carbonyl (C=O) groups is 1.